The van der Waals surface area contributed by atoms with Crippen LogP contribution in [0.25, 0.3) is 11.3 Å². The van der Waals surface area contributed by atoms with E-state index >= 15 is 0 Å². The summed E-state index contributed by atoms with van der Waals surface area (Å²) in [5, 5.41) is 13.8. The Balaban J connectivity index is 2.45. The van der Waals surface area contributed by atoms with Crippen molar-refractivity contribution in [1.82, 2.24) is 20.4 Å². The van der Waals surface area contributed by atoms with E-state index in [9.17, 15) is 0 Å². The molecule has 0 spiro atoms. The fraction of sp³-hybridized carbons (Fsp3) is 0. The van der Waals surface area contributed by atoms with Crippen molar-refractivity contribution < 1.29 is 1.37 Å². The maximum Gasteiger partial charge on any atom is 0.0937 e. The number of hydrogen-bond acceptors (Lipinski definition) is 3. The third-order valence-corrected chi connectivity index (χ3v) is 1.33. The number of H-pyrrole nitrogens is 1. The molecule has 0 aliphatic carbocycles. The summed E-state index contributed by atoms with van der Waals surface area (Å²) in [7, 11) is 0. The number of aromatic amines is 1. The Kier molecular flexibility index (Phi) is 1.14. The van der Waals surface area contributed by atoms with Crippen LogP contribution in [0.5, 0.6) is 0 Å². The van der Waals surface area contributed by atoms with Gasteiger partial charge in [0.2, 0.25) is 0 Å². The summed E-state index contributed by atoms with van der Waals surface area (Å²) < 4.78 is 7.21. The Morgan fingerprint density at radius 3 is 3.00 bits per heavy atom. The Bertz CT molecular complexity index is 370. The molecule has 0 saturated carbocycles. The summed E-state index contributed by atoms with van der Waals surface area (Å²) in [5.74, 6) is 0. The van der Waals surface area contributed by atoms with Crippen molar-refractivity contribution in [2.45, 2.75) is 0 Å². The number of rotatable bonds is 1. The second-order valence-electron chi connectivity index (χ2n) is 2.03. The van der Waals surface area contributed by atoms with Crippen LogP contribution in [0, 0.1) is 0 Å². The zero-order valence-electron chi connectivity index (χ0n) is 6.65. The molecule has 54 valence electrons. The first kappa shape index (κ1) is 5.01. The average Bonchev–Trinajstić information content (AvgIpc) is 2.54. The highest BCUT2D eigenvalue weighted by Crippen LogP contribution is 2.11. The predicted molar refractivity (Wildman–Crippen MR) is 39.6 cm³/mol. The minimum Gasteiger partial charge on any atom is -0.285 e. The van der Waals surface area contributed by atoms with Gasteiger partial charge in [0.25, 0.3) is 0 Å². The SMILES string of the molecule is [2H]c1cc(-c2ccnnc2)n[nH]1. The van der Waals surface area contributed by atoms with Crippen molar-refractivity contribution in [2.75, 3.05) is 0 Å². The molecule has 1 N–H and O–H groups in total. The first-order valence-corrected chi connectivity index (χ1v) is 3.15. The first-order chi connectivity index (χ1) is 5.86. The third-order valence-electron chi connectivity index (χ3n) is 1.33. The van der Waals surface area contributed by atoms with E-state index in [4.69, 9.17) is 1.37 Å². The van der Waals surface area contributed by atoms with E-state index in [1.165, 1.54) is 0 Å². The van der Waals surface area contributed by atoms with Gasteiger partial charge >= 0.3 is 0 Å². The van der Waals surface area contributed by atoms with Crippen molar-refractivity contribution in [1.29, 1.82) is 0 Å². The molecule has 0 aliphatic heterocycles. The van der Waals surface area contributed by atoms with Crippen LogP contribution < -0.4 is 0 Å². The van der Waals surface area contributed by atoms with E-state index in [0.29, 0.717) is 6.17 Å². The average molecular weight is 147 g/mol. The molecular formula is C7H6N4. The second kappa shape index (κ2) is 2.49. The Morgan fingerprint density at radius 2 is 2.36 bits per heavy atom. The van der Waals surface area contributed by atoms with E-state index in [-0.39, 0.29) is 0 Å². The number of aromatic nitrogens is 4. The van der Waals surface area contributed by atoms with E-state index in [2.05, 4.69) is 20.4 Å². The maximum absolute atomic E-state index is 7.21. The van der Waals surface area contributed by atoms with Gasteiger partial charge in [0, 0.05) is 11.7 Å². The molecule has 11 heavy (non-hydrogen) atoms. The number of nitrogens with zero attached hydrogens (tertiary/aromatic N) is 3. The van der Waals surface area contributed by atoms with Crippen molar-refractivity contribution in [3.8, 4) is 11.3 Å². The van der Waals surface area contributed by atoms with Crippen LogP contribution in [0.3, 0.4) is 0 Å². The molecule has 0 saturated heterocycles. The molecule has 4 nitrogen and oxygen atoms in total. The number of hydrogen-bond donors (Lipinski definition) is 1. The smallest absolute Gasteiger partial charge is 0.0937 e. The van der Waals surface area contributed by atoms with E-state index in [1.807, 2.05) is 0 Å². The van der Waals surface area contributed by atoms with E-state index in [1.54, 1.807) is 24.5 Å². The minimum absolute atomic E-state index is 0.293. The molecule has 2 aromatic heterocycles. The lowest BCUT2D eigenvalue weighted by Gasteiger charge is -1.90. The van der Waals surface area contributed by atoms with Crippen molar-refractivity contribution in [3.63, 3.8) is 0 Å². The van der Waals surface area contributed by atoms with Crippen LogP contribution in [-0.2, 0) is 0 Å². The van der Waals surface area contributed by atoms with Gasteiger partial charge in [-0.05, 0) is 12.1 Å². The standard InChI is InChI=1S/C7H6N4/c1-3-8-10-5-6(1)7-2-4-9-11-7/h1-5H,(H,9,11)/i4D. The highest BCUT2D eigenvalue weighted by molar-refractivity contribution is 5.55. The summed E-state index contributed by atoms with van der Waals surface area (Å²) >= 11 is 0. The highest BCUT2D eigenvalue weighted by Gasteiger charge is 1.96. The van der Waals surface area contributed by atoms with E-state index < -0.39 is 0 Å². The molecular weight excluding hydrogens is 140 g/mol. The van der Waals surface area contributed by atoms with Crippen LogP contribution in [0.15, 0.2) is 30.7 Å². The molecule has 2 heterocycles. The van der Waals surface area contributed by atoms with Gasteiger partial charge in [-0.15, -0.1) is 0 Å². The summed E-state index contributed by atoms with van der Waals surface area (Å²) in [4.78, 5) is 0. The van der Waals surface area contributed by atoms with Crippen LogP contribution >= 0.6 is 0 Å². The van der Waals surface area contributed by atoms with Crippen LogP contribution in [0.1, 0.15) is 1.37 Å². The topological polar surface area (TPSA) is 54.5 Å². The quantitative estimate of drug-likeness (QED) is 0.651. The van der Waals surface area contributed by atoms with Gasteiger partial charge in [-0.1, -0.05) is 0 Å². The Hall–Kier alpha value is -1.71. The van der Waals surface area contributed by atoms with Gasteiger partial charge in [0.1, 0.15) is 0 Å². The lowest BCUT2D eigenvalue weighted by Crippen LogP contribution is -1.81. The van der Waals surface area contributed by atoms with Gasteiger partial charge < -0.3 is 0 Å². The predicted octanol–water partition coefficient (Wildman–Crippen LogP) is 0.867. The molecule has 0 aliphatic rings. The first-order valence-electron chi connectivity index (χ1n) is 3.65. The Morgan fingerprint density at radius 1 is 1.36 bits per heavy atom. The monoisotopic (exact) mass is 147 g/mol. The molecule has 2 rings (SSSR count). The van der Waals surface area contributed by atoms with Crippen molar-refractivity contribution in [2.24, 2.45) is 0 Å². The molecule has 2 aromatic rings. The van der Waals surface area contributed by atoms with Crippen molar-refractivity contribution >= 4 is 0 Å². The van der Waals surface area contributed by atoms with Crippen LogP contribution in [0.4, 0.5) is 0 Å². The fourth-order valence-corrected chi connectivity index (χ4v) is 0.815. The molecule has 0 bridgehead atoms. The second-order valence-corrected chi connectivity index (χ2v) is 2.03. The molecule has 0 fully saturated rings. The highest BCUT2D eigenvalue weighted by atomic mass is 15.1. The summed E-state index contributed by atoms with van der Waals surface area (Å²) in [5.41, 5.74) is 1.58. The summed E-state index contributed by atoms with van der Waals surface area (Å²) in [6.07, 6.45) is 3.49. The summed E-state index contributed by atoms with van der Waals surface area (Å²) in [6.45, 7) is 0. The lowest BCUT2D eigenvalue weighted by molar-refractivity contribution is 1.03. The lowest BCUT2D eigenvalue weighted by atomic mass is 10.2. The third kappa shape index (κ3) is 1.10. The molecule has 0 unspecified atom stereocenters. The molecule has 0 aromatic carbocycles. The van der Waals surface area contributed by atoms with Gasteiger partial charge in [-0.3, -0.25) is 5.10 Å². The molecule has 4 heteroatoms. The number of nitrogens with one attached hydrogen (secondary N) is 1. The largest absolute Gasteiger partial charge is 0.285 e. The molecule has 0 radical (unpaired) electrons. The Labute approximate surface area is 64.7 Å². The van der Waals surface area contributed by atoms with Crippen LogP contribution in [-0.4, -0.2) is 20.4 Å². The summed E-state index contributed by atoms with van der Waals surface area (Å²) in [6, 6.07) is 3.43. The molecule has 0 atom stereocenters. The van der Waals surface area contributed by atoms with Gasteiger partial charge in [-0.2, -0.15) is 15.3 Å². The normalized spacial score (nSPS) is 11.1. The van der Waals surface area contributed by atoms with Crippen LogP contribution in [0.2, 0.25) is 0 Å². The van der Waals surface area contributed by atoms with Gasteiger partial charge in [0.05, 0.1) is 19.5 Å². The van der Waals surface area contributed by atoms with Crippen molar-refractivity contribution in [3.05, 3.63) is 30.7 Å². The maximum atomic E-state index is 7.21. The molecule has 0 amide bonds. The zero-order valence-corrected chi connectivity index (χ0v) is 5.65. The fourth-order valence-electron chi connectivity index (χ4n) is 0.815. The van der Waals surface area contributed by atoms with E-state index in [0.717, 1.165) is 11.3 Å². The minimum atomic E-state index is 0.293. The van der Waals surface area contributed by atoms with Gasteiger partial charge in [-0.25, -0.2) is 0 Å². The van der Waals surface area contributed by atoms with Gasteiger partial charge in [0.15, 0.2) is 0 Å². The zero-order chi connectivity index (χ0) is 8.39.